The fraction of sp³-hybridized carbons (Fsp3) is 0.235. The van der Waals surface area contributed by atoms with E-state index in [4.69, 9.17) is 10.2 Å². The topological polar surface area (TPSA) is 89.8 Å². The highest BCUT2D eigenvalue weighted by atomic mass is 16.3. The maximum absolute atomic E-state index is 11.8. The van der Waals surface area contributed by atoms with Crippen molar-refractivity contribution in [1.29, 1.82) is 0 Å². The minimum Gasteiger partial charge on any atom is -0.509 e. The first-order valence-corrected chi connectivity index (χ1v) is 6.90. The van der Waals surface area contributed by atoms with Gasteiger partial charge in [-0.15, -0.1) is 0 Å². The SMILES string of the molecule is C=C(O)/C=C\C=C/Cc1ccc(C(=O)NCC(O)CO)cc1. The van der Waals surface area contributed by atoms with Crippen molar-refractivity contribution >= 4 is 5.91 Å². The van der Waals surface area contributed by atoms with Gasteiger partial charge in [-0.25, -0.2) is 0 Å². The minimum absolute atomic E-state index is 0.00586. The molecule has 1 unspecified atom stereocenters. The van der Waals surface area contributed by atoms with E-state index in [0.29, 0.717) is 12.0 Å². The summed E-state index contributed by atoms with van der Waals surface area (Å²) in [5, 5.41) is 29.2. The molecule has 0 fully saturated rings. The second kappa shape index (κ2) is 9.55. The molecule has 0 heterocycles. The van der Waals surface area contributed by atoms with Gasteiger partial charge < -0.3 is 20.6 Å². The smallest absolute Gasteiger partial charge is 0.251 e. The van der Waals surface area contributed by atoms with Crippen molar-refractivity contribution in [2.24, 2.45) is 0 Å². The van der Waals surface area contributed by atoms with E-state index in [2.05, 4.69) is 11.9 Å². The van der Waals surface area contributed by atoms with Crippen LogP contribution in [0.3, 0.4) is 0 Å². The van der Waals surface area contributed by atoms with Crippen molar-refractivity contribution in [3.8, 4) is 0 Å². The third-order valence-corrected chi connectivity index (χ3v) is 2.81. The van der Waals surface area contributed by atoms with E-state index in [1.165, 1.54) is 6.08 Å². The van der Waals surface area contributed by atoms with E-state index >= 15 is 0 Å². The molecule has 22 heavy (non-hydrogen) atoms. The molecule has 0 radical (unpaired) electrons. The molecule has 5 nitrogen and oxygen atoms in total. The number of benzene rings is 1. The van der Waals surface area contributed by atoms with Gasteiger partial charge in [-0.05, 0) is 30.2 Å². The number of allylic oxidation sites excluding steroid dienone is 4. The maximum atomic E-state index is 11.8. The predicted octanol–water partition coefficient (Wildman–Crippen LogP) is 1.50. The van der Waals surface area contributed by atoms with Crippen LogP contribution in [0.5, 0.6) is 0 Å². The molecular formula is C17H21NO4. The Morgan fingerprint density at radius 1 is 1.27 bits per heavy atom. The normalized spacial score (nSPS) is 12.6. The van der Waals surface area contributed by atoms with Gasteiger partial charge in [0.25, 0.3) is 5.91 Å². The highest BCUT2D eigenvalue weighted by Crippen LogP contribution is 2.06. The molecule has 0 aromatic heterocycles. The summed E-state index contributed by atoms with van der Waals surface area (Å²) in [5.41, 5.74) is 1.54. The molecule has 1 amide bonds. The minimum atomic E-state index is -0.948. The number of rotatable bonds is 8. The van der Waals surface area contributed by atoms with Crippen LogP contribution in [0.1, 0.15) is 15.9 Å². The van der Waals surface area contributed by atoms with E-state index in [1.54, 1.807) is 24.3 Å². The van der Waals surface area contributed by atoms with Crippen LogP contribution in [0.2, 0.25) is 0 Å². The molecule has 4 N–H and O–H groups in total. The van der Waals surface area contributed by atoms with E-state index in [9.17, 15) is 9.90 Å². The van der Waals surface area contributed by atoms with Crippen molar-refractivity contribution in [3.05, 3.63) is 72.0 Å². The van der Waals surface area contributed by atoms with Crippen LogP contribution in [-0.4, -0.2) is 40.5 Å². The van der Waals surface area contributed by atoms with Crippen LogP contribution in [0, 0.1) is 0 Å². The number of hydrogen-bond donors (Lipinski definition) is 4. The average molecular weight is 303 g/mol. The maximum Gasteiger partial charge on any atom is 0.251 e. The van der Waals surface area contributed by atoms with Gasteiger partial charge in [0.1, 0.15) is 5.76 Å². The highest BCUT2D eigenvalue weighted by molar-refractivity contribution is 5.94. The number of carbonyl (C=O) groups excluding carboxylic acids is 1. The number of aliphatic hydroxyl groups is 3. The summed E-state index contributed by atoms with van der Waals surface area (Å²) < 4.78 is 0. The molecule has 1 rings (SSSR count). The van der Waals surface area contributed by atoms with Crippen molar-refractivity contribution in [2.75, 3.05) is 13.2 Å². The Hall–Kier alpha value is -2.37. The molecule has 1 aromatic rings. The van der Waals surface area contributed by atoms with Gasteiger partial charge in [0.15, 0.2) is 0 Å². The lowest BCUT2D eigenvalue weighted by atomic mass is 10.1. The van der Waals surface area contributed by atoms with Gasteiger partial charge >= 0.3 is 0 Å². The fourth-order valence-corrected chi connectivity index (χ4v) is 1.62. The summed E-state index contributed by atoms with van der Waals surface area (Å²) in [5.74, 6) is -0.287. The standard InChI is InChI=1S/C17H21NO4/c1-13(20)5-3-2-4-6-14-7-9-15(10-8-14)17(22)18-11-16(21)12-19/h2-5,7-10,16,19-21H,1,6,11-12H2,(H,18,22)/b4-2-,5-3-. The van der Waals surface area contributed by atoms with Crippen molar-refractivity contribution in [1.82, 2.24) is 5.32 Å². The molecule has 0 saturated carbocycles. The van der Waals surface area contributed by atoms with Crippen LogP contribution < -0.4 is 5.32 Å². The third kappa shape index (κ3) is 6.88. The zero-order chi connectivity index (χ0) is 16.4. The second-order valence-electron chi connectivity index (χ2n) is 4.73. The van der Waals surface area contributed by atoms with Crippen LogP contribution in [-0.2, 0) is 6.42 Å². The molecule has 0 aliphatic carbocycles. The Labute approximate surface area is 129 Å². The molecule has 1 aromatic carbocycles. The monoisotopic (exact) mass is 303 g/mol. The van der Waals surface area contributed by atoms with Crippen LogP contribution in [0.25, 0.3) is 0 Å². The average Bonchev–Trinajstić information content (AvgIpc) is 2.52. The van der Waals surface area contributed by atoms with Gasteiger partial charge in [-0.1, -0.05) is 36.9 Å². The molecule has 118 valence electrons. The third-order valence-electron chi connectivity index (χ3n) is 2.81. The lowest BCUT2D eigenvalue weighted by Gasteiger charge is -2.09. The van der Waals surface area contributed by atoms with Gasteiger partial charge in [0, 0.05) is 12.1 Å². The van der Waals surface area contributed by atoms with Crippen LogP contribution in [0.15, 0.2) is 60.9 Å². The first-order valence-electron chi connectivity index (χ1n) is 6.90. The lowest BCUT2D eigenvalue weighted by molar-refractivity contribution is 0.0802. The molecule has 0 saturated heterocycles. The number of aliphatic hydroxyl groups excluding tert-OH is 3. The zero-order valence-electron chi connectivity index (χ0n) is 12.3. The zero-order valence-corrected chi connectivity index (χ0v) is 12.3. The highest BCUT2D eigenvalue weighted by Gasteiger charge is 2.07. The summed E-state index contributed by atoms with van der Waals surface area (Å²) in [6.45, 7) is 2.97. The number of nitrogens with one attached hydrogen (secondary N) is 1. The van der Waals surface area contributed by atoms with Crippen molar-refractivity contribution in [3.63, 3.8) is 0 Å². The van der Waals surface area contributed by atoms with Gasteiger partial charge in [-0.3, -0.25) is 4.79 Å². The lowest BCUT2D eigenvalue weighted by Crippen LogP contribution is -2.33. The molecular weight excluding hydrogens is 282 g/mol. The number of carbonyl (C=O) groups is 1. The van der Waals surface area contributed by atoms with Gasteiger partial charge in [0.05, 0.1) is 12.7 Å². The first kappa shape index (κ1) is 17.7. The van der Waals surface area contributed by atoms with Crippen molar-refractivity contribution < 1.29 is 20.1 Å². The Bertz CT molecular complexity index is 546. The summed E-state index contributed by atoms with van der Waals surface area (Å²) in [6, 6.07) is 7.09. The van der Waals surface area contributed by atoms with E-state index in [1.807, 2.05) is 18.2 Å². The van der Waals surface area contributed by atoms with Gasteiger partial charge in [0.2, 0.25) is 0 Å². The molecule has 0 bridgehead atoms. The summed E-state index contributed by atoms with van der Waals surface area (Å²) in [6.07, 6.45) is 6.66. The largest absolute Gasteiger partial charge is 0.509 e. The Morgan fingerprint density at radius 3 is 2.55 bits per heavy atom. The molecule has 0 aliphatic heterocycles. The van der Waals surface area contributed by atoms with Crippen molar-refractivity contribution in [2.45, 2.75) is 12.5 Å². The quantitative estimate of drug-likeness (QED) is 0.433. The predicted molar refractivity (Wildman–Crippen MR) is 85.6 cm³/mol. The van der Waals surface area contributed by atoms with E-state index in [-0.39, 0.29) is 24.8 Å². The molecule has 1 atom stereocenters. The fourth-order valence-electron chi connectivity index (χ4n) is 1.62. The Morgan fingerprint density at radius 2 is 1.95 bits per heavy atom. The number of hydrogen-bond acceptors (Lipinski definition) is 4. The summed E-state index contributed by atoms with van der Waals surface area (Å²) >= 11 is 0. The Balaban J connectivity index is 2.48. The van der Waals surface area contributed by atoms with E-state index in [0.717, 1.165) is 5.56 Å². The van der Waals surface area contributed by atoms with Gasteiger partial charge in [-0.2, -0.15) is 0 Å². The molecule has 5 heteroatoms. The van der Waals surface area contributed by atoms with Crippen LogP contribution >= 0.6 is 0 Å². The summed E-state index contributed by atoms with van der Waals surface area (Å²) in [4.78, 5) is 11.8. The van der Waals surface area contributed by atoms with E-state index < -0.39 is 6.10 Å². The second-order valence-corrected chi connectivity index (χ2v) is 4.73. The van der Waals surface area contributed by atoms with Crippen LogP contribution in [0.4, 0.5) is 0 Å². The summed E-state index contributed by atoms with van der Waals surface area (Å²) in [7, 11) is 0. The first-order chi connectivity index (χ1) is 10.5. The molecule has 0 aliphatic rings. The number of amides is 1. The molecule has 0 spiro atoms. The Kier molecular flexibility index (Phi) is 7.67.